The molecule has 10 heteroatoms. The first kappa shape index (κ1) is 21.1. The number of likely N-dealkylation sites (tertiary alicyclic amines) is 1. The molecule has 1 aromatic heterocycles. The van der Waals surface area contributed by atoms with E-state index in [1.807, 2.05) is 12.1 Å². The molecule has 4 rings (SSSR count). The Balaban J connectivity index is 1.57. The number of ether oxygens (including phenoxy) is 1. The van der Waals surface area contributed by atoms with E-state index < -0.39 is 10.0 Å². The standard InChI is InChI=1S/C21H22N4O4S2/c1-29-16-6-4-14-5-7-17(12-15(14)11-16)31(27,28)24-18-8-10-30-20(18)21(22)23-13-25-9-2-3-19(25)26/h4-8,10-12,24H,2-3,9,13H2,1H3,(H2,22,23). The average Bonchev–Trinajstić information content (AvgIpc) is 3.39. The zero-order chi connectivity index (χ0) is 22.0. The molecular weight excluding hydrogens is 436 g/mol. The highest BCUT2D eigenvalue weighted by Gasteiger charge is 2.21. The maximum Gasteiger partial charge on any atom is 0.261 e. The van der Waals surface area contributed by atoms with Crippen LogP contribution in [0.5, 0.6) is 5.75 Å². The normalized spacial score (nSPS) is 14.9. The van der Waals surface area contributed by atoms with Crippen molar-refractivity contribution in [2.75, 3.05) is 25.0 Å². The predicted molar refractivity (Wildman–Crippen MR) is 122 cm³/mol. The summed E-state index contributed by atoms with van der Waals surface area (Å²) in [5.74, 6) is 0.892. The van der Waals surface area contributed by atoms with Crippen molar-refractivity contribution < 1.29 is 17.9 Å². The zero-order valence-electron chi connectivity index (χ0n) is 16.9. The number of thiophene rings is 1. The number of nitrogens with two attached hydrogens (primary N) is 1. The number of nitrogens with zero attached hydrogens (tertiary/aromatic N) is 2. The van der Waals surface area contributed by atoms with E-state index in [9.17, 15) is 13.2 Å². The van der Waals surface area contributed by atoms with Crippen molar-refractivity contribution in [2.45, 2.75) is 17.7 Å². The highest BCUT2D eigenvalue weighted by Crippen LogP contribution is 2.28. The lowest BCUT2D eigenvalue weighted by atomic mass is 10.1. The third kappa shape index (κ3) is 4.49. The van der Waals surface area contributed by atoms with Gasteiger partial charge >= 0.3 is 0 Å². The van der Waals surface area contributed by atoms with E-state index in [4.69, 9.17) is 10.5 Å². The zero-order valence-corrected chi connectivity index (χ0v) is 18.5. The van der Waals surface area contributed by atoms with Crippen molar-refractivity contribution in [1.82, 2.24) is 4.90 Å². The molecule has 1 aliphatic rings. The predicted octanol–water partition coefficient (Wildman–Crippen LogP) is 3.00. The molecular formula is C21H22N4O4S2. The van der Waals surface area contributed by atoms with Crippen molar-refractivity contribution in [2.24, 2.45) is 10.7 Å². The fourth-order valence-electron chi connectivity index (χ4n) is 3.38. The number of fused-ring (bicyclic) bond motifs is 1. The molecule has 31 heavy (non-hydrogen) atoms. The molecule has 0 saturated carbocycles. The van der Waals surface area contributed by atoms with Crippen LogP contribution < -0.4 is 15.2 Å². The van der Waals surface area contributed by atoms with Gasteiger partial charge in [-0.25, -0.2) is 13.4 Å². The number of aliphatic imine (C=N–C) groups is 1. The van der Waals surface area contributed by atoms with Crippen LogP contribution in [0, 0.1) is 0 Å². The number of rotatable bonds is 7. The van der Waals surface area contributed by atoms with E-state index in [1.165, 1.54) is 11.3 Å². The number of amidine groups is 1. The molecule has 1 saturated heterocycles. The van der Waals surface area contributed by atoms with E-state index in [0.717, 1.165) is 17.2 Å². The number of benzene rings is 2. The minimum atomic E-state index is -3.85. The van der Waals surface area contributed by atoms with Crippen LogP contribution in [0.4, 0.5) is 5.69 Å². The lowest BCUT2D eigenvalue weighted by Gasteiger charge is -2.13. The Hall–Kier alpha value is -3.11. The van der Waals surface area contributed by atoms with E-state index in [0.29, 0.717) is 29.3 Å². The number of hydrogen-bond donors (Lipinski definition) is 2. The van der Waals surface area contributed by atoms with Crippen LogP contribution in [0.25, 0.3) is 10.8 Å². The van der Waals surface area contributed by atoms with Gasteiger partial charge in [-0.2, -0.15) is 0 Å². The maximum atomic E-state index is 13.0. The summed E-state index contributed by atoms with van der Waals surface area (Å²) in [5.41, 5.74) is 6.45. The second-order valence-electron chi connectivity index (χ2n) is 7.09. The van der Waals surface area contributed by atoms with Crippen LogP contribution in [0.1, 0.15) is 17.7 Å². The summed E-state index contributed by atoms with van der Waals surface area (Å²) in [6.45, 7) is 0.827. The van der Waals surface area contributed by atoms with E-state index in [-0.39, 0.29) is 23.3 Å². The first-order valence-corrected chi connectivity index (χ1v) is 12.0. The van der Waals surface area contributed by atoms with E-state index >= 15 is 0 Å². The monoisotopic (exact) mass is 458 g/mol. The molecule has 1 amide bonds. The number of amides is 1. The Morgan fingerprint density at radius 3 is 2.77 bits per heavy atom. The molecule has 3 aromatic rings. The van der Waals surface area contributed by atoms with Crippen LogP contribution in [0.3, 0.4) is 0 Å². The van der Waals surface area contributed by atoms with Crippen molar-refractivity contribution >= 4 is 49.6 Å². The summed E-state index contributed by atoms with van der Waals surface area (Å²) >= 11 is 1.28. The van der Waals surface area contributed by atoms with Crippen LogP contribution in [0.2, 0.25) is 0 Å². The molecule has 3 N–H and O–H groups in total. The average molecular weight is 459 g/mol. The maximum absolute atomic E-state index is 13.0. The number of methoxy groups -OCH3 is 1. The minimum Gasteiger partial charge on any atom is -0.497 e. The Kier molecular flexibility index (Phi) is 5.84. The van der Waals surface area contributed by atoms with Crippen LogP contribution in [-0.4, -0.2) is 45.4 Å². The summed E-state index contributed by atoms with van der Waals surface area (Å²) < 4.78 is 33.9. The number of carbonyl (C=O) groups excluding carboxylic acids is 1. The quantitative estimate of drug-likeness (QED) is 0.417. The Morgan fingerprint density at radius 2 is 2.03 bits per heavy atom. The number of nitrogens with one attached hydrogen (secondary N) is 1. The topological polar surface area (TPSA) is 114 Å². The number of sulfonamides is 1. The molecule has 0 bridgehead atoms. The minimum absolute atomic E-state index is 0.0524. The molecule has 1 aliphatic heterocycles. The van der Waals surface area contributed by atoms with Crippen LogP contribution in [-0.2, 0) is 14.8 Å². The molecule has 1 fully saturated rings. The Bertz CT molecular complexity index is 1270. The summed E-state index contributed by atoms with van der Waals surface area (Å²) in [6, 6.07) is 12.0. The van der Waals surface area contributed by atoms with Gasteiger partial charge in [-0.15, -0.1) is 11.3 Å². The van der Waals surface area contributed by atoms with Crippen molar-refractivity contribution in [3.05, 3.63) is 52.7 Å². The Morgan fingerprint density at radius 1 is 1.23 bits per heavy atom. The van der Waals surface area contributed by atoms with Gasteiger partial charge < -0.3 is 15.4 Å². The van der Waals surface area contributed by atoms with Crippen LogP contribution >= 0.6 is 11.3 Å². The largest absolute Gasteiger partial charge is 0.497 e. The van der Waals surface area contributed by atoms with Crippen LogP contribution in [0.15, 0.2) is 57.7 Å². The van der Waals surface area contributed by atoms with Gasteiger partial charge in [-0.05, 0) is 52.9 Å². The first-order chi connectivity index (χ1) is 14.9. The highest BCUT2D eigenvalue weighted by molar-refractivity contribution is 7.92. The van der Waals surface area contributed by atoms with Gasteiger partial charge in [0.1, 0.15) is 18.3 Å². The summed E-state index contributed by atoms with van der Waals surface area (Å²) in [7, 11) is -2.29. The summed E-state index contributed by atoms with van der Waals surface area (Å²) in [4.78, 5) is 18.3. The molecule has 0 radical (unpaired) electrons. The molecule has 0 atom stereocenters. The van der Waals surface area contributed by atoms with Gasteiger partial charge in [0.25, 0.3) is 10.0 Å². The van der Waals surface area contributed by atoms with Crippen molar-refractivity contribution in [1.29, 1.82) is 0 Å². The molecule has 0 spiro atoms. The Labute approximate surface area is 184 Å². The van der Waals surface area contributed by atoms with Gasteiger partial charge in [0, 0.05) is 13.0 Å². The third-order valence-electron chi connectivity index (χ3n) is 5.05. The SMILES string of the molecule is COc1ccc2ccc(S(=O)(=O)Nc3ccsc3C(N)=NCN3CCCC3=O)cc2c1. The molecule has 2 aromatic carbocycles. The van der Waals surface area contributed by atoms with Gasteiger partial charge in [-0.3, -0.25) is 9.52 Å². The number of anilines is 1. The summed E-state index contributed by atoms with van der Waals surface area (Å²) in [5, 5.41) is 3.40. The molecule has 162 valence electrons. The molecule has 8 nitrogen and oxygen atoms in total. The first-order valence-electron chi connectivity index (χ1n) is 9.63. The lowest BCUT2D eigenvalue weighted by molar-refractivity contribution is -0.127. The molecule has 0 aliphatic carbocycles. The second kappa shape index (κ2) is 8.56. The lowest BCUT2D eigenvalue weighted by Crippen LogP contribution is -2.27. The van der Waals surface area contributed by atoms with E-state index in [2.05, 4.69) is 9.71 Å². The van der Waals surface area contributed by atoms with E-state index in [1.54, 1.807) is 47.7 Å². The molecule has 2 heterocycles. The smallest absolute Gasteiger partial charge is 0.261 e. The van der Waals surface area contributed by atoms with Gasteiger partial charge in [0.05, 0.1) is 22.6 Å². The van der Waals surface area contributed by atoms with Crippen molar-refractivity contribution in [3.63, 3.8) is 0 Å². The van der Waals surface area contributed by atoms with Gasteiger partial charge in [0.2, 0.25) is 5.91 Å². The third-order valence-corrected chi connectivity index (χ3v) is 7.35. The fraction of sp³-hybridized carbons (Fsp3) is 0.238. The highest BCUT2D eigenvalue weighted by atomic mass is 32.2. The van der Waals surface area contributed by atoms with Gasteiger partial charge in [-0.1, -0.05) is 12.1 Å². The number of hydrogen-bond acceptors (Lipinski definition) is 6. The second-order valence-corrected chi connectivity index (χ2v) is 9.69. The molecule has 0 unspecified atom stereocenters. The summed E-state index contributed by atoms with van der Waals surface area (Å²) in [6.07, 6.45) is 1.34. The number of carbonyl (C=O) groups is 1. The van der Waals surface area contributed by atoms with Gasteiger partial charge in [0.15, 0.2) is 0 Å². The fourth-order valence-corrected chi connectivity index (χ4v) is 5.32. The van der Waals surface area contributed by atoms with Crippen molar-refractivity contribution in [3.8, 4) is 5.75 Å².